The van der Waals surface area contributed by atoms with E-state index in [4.69, 9.17) is 17.2 Å². The van der Waals surface area contributed by atoms with Gasteiger partial charge < -0.3 is 27.0 Å². The molecule has 0 aliphatic rings. The van der Waals surface area contributed by atoms with Crippen molar-refractivity contribution in [2.75, 3.05) is 13.7 Å². The van der Waals surface area contributed by atoms with Crippen molar-refractivity contribution < 1.29 is 19.6 Å². The van der Waals surface area contributed by atoms with Crippen molar-refractivity contribution in [3.63, 3.8) is 0 Å². The van der Waals surface area contributed by atoms with Gasteiger partial charge in [-0.05, 0) is 6.42 Å². The van der Waals surface area contributed by atoms with Crippen LogP contribution >= 0.6 is 0 Å². The molecule has 18 heavy (non-hydrogen) atoms. The van der Waals surface area contributed by atoms with Crippen molar-refractivity contribution in [3.8, 4) is 0 Å². The number of nitro groups is 1. The van der Waals surface area contributed by atoms with Gasteiger partial charge in [0.05, 0.1) is 13.2 Å². The maximum absolute atomic E-state index is 11.4. The molecule has 1 unspecified atom stereocenters. The van der Waals surface area contributed by atoms with Crippen LogP contribution in [-0.2, 0) is 9.53 Å². The molecule has 0 aliphatic heterocycles. The minimum Gasteiger partial charge on any atom is -0.465 e. The van der Waals surface area contributed by atoms with Crippen molar-refractivity contribution in [2.24, 2.45) is 22.2 Å². The number of rotatable bonds is 7. The predicted molar refractivity (Wildman–Crippen MR) is 61.8 cm³/mol. The molecule has 0 aromatic carbocycles. The maximum Gasteiger partial charge on any atom is 0.363 e. The van der Waals surface area contributed by atoms with E-state index in [-0.39, 0.29) is 19.4 Å². The number of ether oxygens (including phenoxy) is 1. The Labute approximate surface area is 103 Å². The average molecular weight is 263 g/mol. The Morgan fingerprint density at radius 2 is 2.17 bits per heavy atom. The topological polar surface area (TPSA) is 180 Å². The standard InChI is InChI=1S/C8H17N5O5/c1-18-6(14)8(15,12-7(10)11)5(9)3-2-4-13(16)17/h5,15H,2-4,9H2,1H3,(H4,10,11,12)/t5-,8?/m0/s1. The molecule has 0 amide bonds. The van der Waals surface area contributed by atoms with Crippen molar-refractivity contribution in [3.05, 3.63) is 10.1 Å². The number of aliphatic imine (C=N–C) groups is 1. The van der Waals surface area contributed by atoms with Gasteiger partial charge in [-0.15, -0.1) is 0 Å². The Morgan fingerprint density at radius 1 is 1.61 bits per heavy atom. The van der Waals surface area contributed by atoms with Gasteiger partial charge in [0.25, 0.3) is 5.72 Å². The van der Waals surface area contributed by atoms with E-state index >= 15 is 0 Å². The minimum atomic E-state index is -2.44. The minimum absolute atomic E-state index is 0.0244. The van der Waals surface area contributed by atoms with Crippen molar-refractivity contribution in [1.29, 1.82) is 0 Å². The van der Waals surface area contributed by atoms with E-state index in [9.17, 15) is 20.0 Å². The summed E-state index contributed by atoms with van der Waals surface area (Å²) in [5.41, 5.74) is 13.3. The smallest absolute Gasteiger partial charge is 0.363 e. The van der Waals surface area contributed by atoms with Gasteiger partial charge in [0, 0.05) is 11.3 Å². The number of methoxy groups -OCH3 is 1. The predicted octanol–water partition coefficient (Wildman–Crippen LogP) is -2.49. The Morgan fingerprint density at radius 3 is 2.56 bits per heavy atom. The molecule has 0 rings (SSSR count). The van der Waals surface area contributed by atoms with Crippen LogP contribution in [0.5, 0.6) is 0 Å². The van der Waals surface area contributed by atoms with Crippen LogP contribution in [0, 0.1) is 10.1 Å². The van der Waals surface area contributed by atoms with Crippen LogP contribution in [0.3, 0.4) is 0 Å². The molecular formula is C8H17N5O5. The van der Waals surface area contributed by atoms with E-state index in [1.54, 1.807) is 0 Å². The summed E-state index contributed by atoms with van der Waals surface area (Å²) in [6, 6.07) is -1.22. The number of carbonyl (C=O) groups excluding carboxylic acids is 1. The Bertz CT molecular complexity index is 343. The lowest BCUT2D eigenvalue weighted by Crippen LogP contribution is -2.55. The highest BCUT2D eigenvalue weighted by Gasteiger charge is 2.43. The van der Waals surface area contributed by atoms with Crippen LogP contribution in [0.2, 0.25) is 0 Å². The molecule has 0 heterocycles. The number of nitrogens with two attached hydrogens (primary N) is 3. The number of carbonyl (C=O) groups is 1. The normalized spacial score (nSPS) is 15.3. The molecule has 0 aliphatic carbocycles. The van der Waals surface area contributed by atoms with Crippen LogP contribution in [0.15, 0.2) is 4.99 Å². The summed E-state index contributed by atoms with van der Waals surface area (Å²) >= 11 is 0. The Kier molecular flexibility index (Phi) is 5.99. The van der Waals surface area contributed by atoms with E-state index in [1.807, 2.05) is 0 Å². The van der Waals surface area contributed by atoms with E-state index in [2.05, 4.69) is 9.73 Å². The fraction of sp³-hybridized carbons (Fsp3) is 0.750. The summed E-state index contributed by atoms with van der Waals surface area (Å²) in [5.74, 6) is -1.68. The van der Waals surface area contributed by atoms with Gasteiger partial charge >= 0.3 is 5.97 Å². The molecule has 0 bridgehead atoms. The molecule has 0 fully saturated rings. The lowest BCUT2D eigenvalue weighted by atomic mass is 10.0. The Balaban J connectivity index is 4.81. The molecule has 0 aromatic heterocycles. The summed E-state index contributed by atoms with van der Waals surface area (Å²) in [6.45, 7) is -0.341. The molecule has 104 valence electrons. The molecule has 2 atom stereocenters. The fourth-order valence-corrected chi connectivity index (χ4v) is 1.27. The van der Waals surface area contributed by atoms with Gasteiger partial charge in [0.1, 0.15) is 0 Å². The van der Waals surface area contributed by atoms with E-state index in [0.29, 0.717) is 0 Å². The third-order valence-corrected chi connectivity index (χ3v) is 2.16. The summed E-state index contributed by atoms with van der Waals surface area (Å²) in [6.07, 6.45) is 0.0385. The monoisotopic (exact) mass is 263 g/mol. The van der Waals surface area contributed by atoms with Gasteiger partial charge in [-0.25, -0.2) is 9.79 Å². The van der Waals surface area contributed by atoms with Gasteiger partial charge in [-0.3, -0.25) is 10.1 Å². The van der Waals surface area contributed by atoms with Gasteiger partial charge in [0.15, 0.2) is 5.96 Å². The molecular weight excluding hydrogens is 246 g/mol. The van der Waals surface area contributed by atoms with Crippen LogP contribution in [-0.4, -0.2) is 47.4 Å². The third kappa shape index (κ3) is 4.51. The highest BCUT2D eigenvalue weighted by molar-refractivity contribution is 5.85. The van der Waals surface area contributed by atoms with Crippen LogP contribution in [0.25, 0.3) is 0 Å². The lowest BCUT2D eigenvalue weighted by Gasteiger charge is -2.26. The number of hydrogen-bond acceptors (Lipinski definition) is 7. The number of esters is 1. The molecule has 10 nitrogen and oxygen atoms in total. The van der Waals surface area contributed by atoms with Crippen LogP contribution in [0.4, 0.5) is 0 Å². The maximum atomic E-state index is 11.4. The number of guanidine groups is 1. The van der Waals surface area contributed by atoms with Gasteiger partial charge in [-0.2, -0.15) is 0 Å². The second-order valence-electron chi connectivity index (χ2n) is 3.56. The van der Waals surface area contributed by atoms with Crippen LogP contribution in [0.1, 0.15) is 12.8 Å². The first-order valence-corrected chi connectivity index (χ1v) is 5.03. The second-order valence-corrected chi connectivity index (χ2v) is 3.56. The third-order valence-electron chi connectivity index (χ3n) is 2.16. The number of hydrogen-bond donors (Lipinski definition) is 4. The van der Waals surface area contributed by atoms with Crippen molar-refractivity contribution >= 4 is 11.9 Å². The van der Waals surface area contributed by atoms with Crippen LogP contribution < -0.4 is 17.2 Å². The van der Waals surface area contributed by atoms with E-state index < -0.39 is 28.6 Å². The molecule has 0 spiro atoms. The SMILES string of the molecule is COC(=O)C(O)(N=C(N)N)[C@@H](N)CCC[N+](=O)[O-]. The van der Waals surface area contributed by atoms with Crippen molar-refractivity contribution in [2.45, 2.75) is 24.6 Å². The van der Waals surface area contributed by atoms with Gasteiger partial charge in [-0.1, -0.05) is 0 Å². The van der Waals surface area contributed by atoms with Crippen molar-refractivity contribution in [1.82, 2.24) is 0 Å². The molecule has 7 N–H and O–H groups in total. The molecule has 0 saturated carbocycles. The second kappa shape index (κ2) is 6.71. The fourth-order valence-electron chi connectivity index (χ4n) is 1.27. The first-order chi connectivity index (χ1) is 8.24. The number of nitrogens with zero attached hydrogens (tertiary/aromatic N) is 2. The summed E-state index contributed by atoms with van der Waals surface area (Å²) in [5, 5.41) is 20.1. The van der Waals surface area contributed by atoms with Gasteiger partial charge in [0.2, 0.25) is 6.54 Å². The Hall–Kier alpha value is -1.94. The first-order valence-electron chi connectivity index (χ1n) is 5.03. The zero-order valence-electron chi connectivity index (χ0n) is 9.91. The van der Waals surface area contributed by atoms with E-state index in [0.717, 1.165) is 7.11 Å². The molecule has 0 aromatic rings. The largest absolute Gasteiger partial charge is 0.465 e. The molecule has 0 saturated heterocycles. The summed E-state index contributed by atoms with van der Waals surface area (Å²) < 4.78 is 4.34. The number of aliphatic hydroxyl groups is 1. The molecule has 10 heteroatoms. The first kappa shape index (κ1) is 16.1. The summed E-state index contributed by atoms with van der Waals surface area (Å²) in [4.78, 5) is 24.3. The zero-order chi connectivity index (χ0) is 14.3. The summed E-state index contributed by atoms with van der Waals surface area (Å²) in [7, 11) is 1.03. The zero-order valence-corrected chi connectivity index (χ0v) is 9.91. The molecule has 0 radical (unpaired) electrons. The highest BCUT2D eigenvalue weighted by Crippen LogP contribution is 2.17. The van der Waals surface area contributed by atoms with E-state index in [1.165, 1.54) is 0 Å². The lowest BCUT2D eigenvalue weighted by molar-refractivity contribution is -0.480. The highest BCUT2D eigenvalue weighted by atomic mass is 16.6. The quantitative estimate of drug-likeness (QED) is 0.128. The average Bonchev–Trinajstić information content (AvgIpc) is 2.26.